The molecular formula is C10H12BrN5. The van der Waals surface area contributed by atoms with Crippen LogP contribution in [0.2, 0.25) is 0 Å². The van der Waals surface area contributed by atoms with Gasteiger partial charge in [-0.2, -0.15) is 5.10 Å². The smallest absolute Gasteiger partial charge is 0.164 e. The van der Waals surface area contributed by atoms with E-state index in [9.17, 15) is 0 Å². The van der Waals surface area contributed by atoms with Gasteiger partial charge < -0.3 is 5.32 Å². The fourth-order valence-corrected chi connectivity index (χ4v) is 1.67. The summed E-state index contributed by atoms with van der Waals surface area (Å²) in [7, 11) is 1.87. The summed E-state index contributed by atoms with van der Waals surface area (Å²) in [4.78, 5) is 8.68. The van der Waals surface area contributed by atoms with Crippen molar-refractivity contribution in [3.05, 3.63) is 23.1 Å². The second-order valence-electron chi connectivity index (χ2n) is 3.32. The highest BCUT2D eigenvalue weighted by Crippen LogP contribution is 2.22. The van der Waals surface area contributed by atoms with Crippen LogP contribution < -0.4 is 5.32 Å². The number of anilines is 1. The van der Waals surface area contributed by atoms with Crippen molar-refractivity contribution >= 4 is 21.7 Å². The number of nitrogens with one attached hydrogen (secondary N) is 1. The van der Waals surface area contributed by atoms with Crippen LogP contribution >= 0.6 is 15.9 Å². The SMILES string of the molecule is CCNc1nc(-c2cnn(C)c2)ncc1Br. The van der Waals surface area contributed by atoms with Gasteiger partial charge in [0.25, 0.3) is 0 Å². The lowest BCUT2D eigenvalue weighted by atomic mass is 10.3. The van der Waals surface area contributed by atoms with E-state index in [4.69, 9.17) is 0 Å². The van der Waals surface area contributed by atoms with Crippen molar-refractivity contribution in [3.63, 3.8) is 0 Å². The second-order valence-corrected chi connectivity index (χ2v) is 4.18. The molecule has 2 aromatic rings. The maximum Gasteiger partial charge on any atom is 0.164 e. The molecule has 0 aromatic carbocycles. The van der Waals surface area contributed by atoms with Gasteiger partial charge in [-0.3, -0.25) is 4.68 Å². The van der Waals surface area contributed by atoms with Crippen LogP contribution in [0.4, 0.5) is 5.82 Å². The van der Waals surface area contributed by atoms with Crippen LogP contribution in [0.3, 0.4) is 0 Å². The standard InChI is InChI=1S/C10H12BrN5/c1-3-12-10-8(11)5-13-9(15-10)7-4-14-16(2)6-7/h4-6H,3H2,1-2H3,(H,12,13,15). The molecule has 0 saturated carbocycles. The Morgan fingerprint density at radius 3 is 2.88 bits per heavy atom. The average molecular weight is 282 g/mol. The summed E-state index contributed by atoms with van der Waals surface area (Å²) >= 11 is 3.40. The Labute approximate surface area is 102 Å². The molecule has 0 fully saturated rings. The Bertz CT molecular complexity index is 494. The monoisotopic (exact) mass is 281 g/mol. The number of rotatable bonds is 3. The zero-order chi connectivity index (χ0) is 11.5. The molecule has 0 aliphatic heterocycles. The molecule has 16 heavy (non-hydrogen) atoms. The quantitative estimate of drug-likeness (QED) is 0.936. The maximum atomic E-state index is 4.42. The maximum absolute atomic E-state index is 4.42. The molecule has 2 aromatic heterocycles. The minimum absolute atomic E-state index is 0.673. The van der Waals surface area contributed by atoms with Gasteiger partial charge in [0.05, 0.1) is 16.2 Å². The van der Waals surface area contributed by atoms with E-state index >= 15 is 0 Å². The van der Waals surface area contributed by atoms with Gasteiger partial charge in [0, 0.05) is 26.0 Å². The summed E-state index contributed by atoms with van der Waals surface area (Å²) < 4.78 is 2.59. The highest BCUT2D eigenvalue weighted by atomic mass is 79.9. The van der Waals surface area contributed by atoms with Crippen molar-refractivity contribution in [2.45, 2.75) is 6.92 Å². The van der Waals surface area contributed by atoms with Gasteiger partial charge in [-0.15, -0.1) is 0 Å². The number of aryl methyl sites for hydroxylation is 1. The first kappa shape index (κ1) is 11.1. The number of halogens is 1. The molecule has 6 heteroatoms. The number of aromatic nitrogens is 4. The lowest BCUT2D eigenvalue weighted by molar-refractivity contribution is 0.768. The molecule has 0 unspecified atom stereocenters. The highest BCUT2D eigenvalue weighted by Gasteiger charge is 2.07. The molecule has 2 heterocycles. The van der Waals surface area contributed by atoms with E-state index in [0.29, 0.717) is 5.82 Å². The minimum atomic E-state index is 0.673. The van der Waals surface area contributed by atoms with E-state index in [1.807, 2.05) is 20.2 Å². The predicted molar refractivity (Wildman–Crippen MR) is 66.1 cm³/mol. The third-order valence-electron chi connectivity index (χ3n) is 2.05. The van der Waals surface area contributed by atoms with Crippen LogP contribution in [-0.2, 0) is 7.05 Å². The summed E-state index contributed by atoms with van der Waals surface area (Å²) in [5.41, 5.74) is 0.911. The van der Waals surface area contributed by atoms with Crippen molar-refractivity contribution in [3.8, 4) is 11.4 Å². The van der Waals surface area contributed by atoms with Gasteiger partial charge in [0.2, 0.25) is 0 Å². The fourth-order valence-electron chi connectivity index (χ4n) is 1.33. The molecule has 0 saturated heterocycles. The van der Waals surface area contributed by atoms with Crippen LogP contribution in [-0.4, -0.2) is 26.3 Å². The number of hydrogen-bond donors (Lipinski definition) is 1. The molecule has 0 bridgehead atoms. The van der Waals surface area contributed by atoms with Crippen LogP contribution in [0.15, 0.2) is 23.1 Å². The summed E-state index contributed by atoms with van der Waals surface area (Å²) in [5, 5.41) is 7.26. The highest BCUT2D eigenvalue weighted by molar-refractivity contribution is 9.10. The normalized spacial score (nSPS) is 10.4. The van der Waals surface area contributed by atoms with Crippen molar-refractivity contribution in [2.24, 2.45) is 7.05 Å². The van der Waals surface area contributed by atoms with Gasteiger partial charge in [-0.1, -0.05) is 0 Å². The molecule has 0 atom stereocenters. The van der Waals surface area contributed by atoms with E-state index in [1.54, 1.807) is 17.1 Å². The van der Waals surface area contributed by atoms with E-state index in [-0.39, 0.29) is 0 Å². The van der Waals surface area contributed by atoms with E-state index < -0.39 is 0 Å². The predicted octanol–water partition coefficient (Wildman–Crippen LogP) is 2.07. The Balaban J connectivity index is 2.39. The molecular weight excluding hydrogens is 270 g/mol. The zero-order valence-corrected chi connectivity index (χ0v) is 10.7. The molecule has 2 rings (SSSR count). The largest absolute Gasteiger partial charge is 0.369 e. The summed E-state index contributed by atoms with van der Waals surface area (Å²) in [6, 6.07) is 0. The van der Waals surface area contributed by atoms with Crippen molar-refractivity contribution in [2.75, 3.05) is 11.9 Å². The molecule has 0 aliphatic carbocycles. The lowest BCUT2D eigenvalue weighted by Gasteiger charge is -2.05. The molecule has 0 aliphatic rings. The first-order chi connectivity index (χ1) is 7.70. The Morgan fingerprint density at radius 1 is 1.44 bits per heavy atom. The third kappa shape index (κ3) is 2.21. The van der Waals surface area contributed by atoms with Crippen LogP contribution in [0.25, 0.3) is 11.4 Å². The molecule has 0 amide bonds. The lowest BCUT2D eigenvalue weighted by Crippen LogP contribution is -2.02. The third-order valence-corrected chi connectivity index (χ3v) is 2.63. The van der Waals surface area contributed by atoms with Crippen molar-refractivity contribution in [1.82, 2.24) is 19.7 Å². The second kappa shape index (κ2) is 4.61. The van der Waals surface area contributed by atoms with Crippen LogP contribution in [0.1, 0.15) is 6.92 Å². The number of hydrogen-bond acceptors (Lipinski definition) is 4. The van der Waals surface area contributed by atoms with Crippen LogP contribution in [0.5, 0.6) is 0 Å². The van der Waals surface area contributed by atoms with Crippen molar-refractivity contribution in [1.29, 1.82) is 0 Å². The Morgan fingerprint density at radius 2 is 2.25 bits per heavy atom. The van der Waals surface area contributed by atoms with Gasteiger partial charge >= 0.3 is 0 Å². The summed E-state index contributed by atoms with van der Waals surface area (Å²) in [6.07, 6.45) is 5.38. The average Bonchev–Trinajstić information content (AvgIpc) is 2.69. The van der Waals surface area contributed by atoms with Gasteiger partial charge in [-0.05, 0) is 22.9 Å². The topological polar surface area (TPSA) is 55.6 Å². The van der Waals surface area contributed by atoms with Crippen molar-refractivity contribution < 1.29 is 0 Å². The first-order valence-electron chi connectivity index (χ1n) is 4.96. The summed E-state index contributed by atoms with van der Waals surface area (Å²) in [6.45, 7) is 2.85. The van der Waals surface area contributed by atoms with E-state index in [1.165, 1.54) is 0 Å². The van der Waals surface area contributed by atoms with E-state index in [2.05, 4.69) is 36.3 Å². The van der Waals surface area contributed by atoms with Crippen LogP contribution in [0, 0.1) is 0 Å². The Kier molecular flexibility index (Phi) is 3.19. The molecule has 1 N–H and O–H groups in total. The van der Waals surface area contributed by atoms with Gasteiger partial charge in [-0.25, -0.2) is 9.97 Å². The molecule has 0 radical (unpaired) electrons. The molecule has 0 spiro atoms. The zero-order valence-electron chi connectivity index (χ0n) is 9.11. The Hall–Kier alpha value is -1.43. The molecule has 84 valence electrons. The molecule has 5 nitrogen and oxygen atoms in total. The van der Waals surface area contributed by atoms with Gasteiger partial charge in [0.1, 0.15) is 5.82 Å². The summed E-state index contributed by atoms with van der Waals surface area (Å²) in [5.74, 6) is 1.48. The first-order valence-corrected chi connectivity index (χ1v) is 5.75. The minimum Gasteiger partial charge on any atom is -0.369 e. The van der Waals surface area contributed by atoms with Gasteiger partial charge in [0.15, 0.2) is 5.82 Å². The fraction of sp³-hybridized carbons (Fsp3) is 0.300. The van der Waals surface area contributed by atoms with E-state index in [0.717, 1.165) is 22.4 Å². The number of nitrogens with zero attached hydrogens (tertiary/aromatic N) is 4.